The Labute approximate surface area is 208 Å². The zero-order chi connectivity index (χ0) is 24.6. The third kappa shape index (κ3) is 7.05. The van der Waals surface area contributed by atoms with Gasteiger partial charge in [-0.2, -0.15) is 0 Å². The van der Waals surface area contributed by atoms with Gasteiger partial charge < -0.3 is 29.0 Å². The van der Waals surface area contributed by atoms with Crippen molar-refractivity contribution in [3.8, 4) is 11.5 Å². The van der Waals surface area contributed by atoms with Crippen molar-refractivity contribution in [2.75, 3.05) is 106 Å². The number of hydrogen-bond acceptors (Lipinski definition) is 9. The molecule has 3 saturated heterocycles. The molecular formula is C25H40N4O6. The summed E-state index contributed by atoms with van der Waals surface area (Å²) >= 11 is 0. The SMILES string of the molecule is COc1cccc(OC)c1C(=O)N1CCN(C[C@H]2CN(C[C@H](O)CN3CCOCC3)CCO2)CC1. The average molecular weight is 493 g/mol. The molecular weight excluding hydrogens is 452 g/mol. The maximum atomic E-state index is 13.2. The summed E-state index contributed by atoms with van der Waals surface area (Å²) in [5, 5.41) is 10.6. The normalized spacial score (nSPS) is 23.7. The summed E-state index contributed by atoms with van der Waals surface area (Å²) in [5.41, 5.74) is 0.479. The average Bonchev–Trinajstić information content (AvgIpc) is 2.89. The van der Waals surface area contributed by atoms with Crippen molar-refractivity contribution in [2.24, 2.45) is 0 Å². The standard InChI is InChI=1S/C25H40N4O6/c1-32-22-4-3-5-23(33-2)24(22)25(31)29-8-6-26(7-9-29)18-21-19-28(12-15-35-21)17-20(30)16-27-10-13-34-14-11-27/h3-5,20-21,30H,6-19H2,1-2H3/t20-,21+/m1/s1. The van der Waals surface area contributed by atoms with Gasteiger partial charge in [0.25, 0.3) is 5.91 Å². The molecule has 4 rings (SSSR count). The van der Waals surface area contributed by atoms with E-state index in [-0.39, 0.29) is 18.1 Å². The largest absolute Gasteiger partial charge is 0.496 e. The van der Waals surface area contributed by atoms with Crippen molar-refractivity contribution >= 4 is 5.91 Å². The molecule has 1 N–H and O–H groups in total. The Morgan fingerprint density at radius 3 is 2.23 bits per heavy atom. The van der Waals surface area contributed by atoms with E-state index in [1.54, 1.807) is 26.4 Å². The van der Waals surface area contributed by atoms with Crippen LogP contribution in [0.3, 0.4) is 0 Å². The fourth-order valence-corrected chi connectivity index (χ4v) is 5.14. The highest BCUT2D eigenvalue weighted by Crippen LogP contribution is 2.30. The van der Waals surface area contributed by atoms with Crippen LogP contribution in [0, 0.1) is 0 Å². The number of benzene rings is 1. The lowest BCUT2D eigenvalue weighted by Crippen LogP contribution is -2.54. The zero-order valence-corrected chi connectivity index (χ0v) is 21.1. The molecule has 2 atom stereocenters. The second-order valence-electron chi connectivity index (χ2n) is 9.45. The zero-order valence-electron chi connectivity index (χ0n) is 21.1. The smallest absolute Gasteiger partial charge is 0.261 e. The molecule has 196 valence electrons. The van der Waals surface area contributed by atoms with Crippen LogP contribution in [0.15, 0.2) is 18.2 Å². The van der Waals surface area contributed by atoms with Crippen LogP contribution in [0.4, 0.5) is 0 Å². The van der Waals surface area contributed by atoms with Gasteiger partial charge in [0.05, 0.1) is 46.2 Å². The number of hydrogen-bond donors (Lipinski definition) is 1. The van der Waals surface area contributed by atoms with E-state index < -0.39 is 0 Å². The van der Waals surface area contributed by atoms with E-state index in [0.717, 1.165) is 59.0 Å². The molecule has 3 heterocycles. The molecule has 1 aromatic carbocycles. The van der Waals surface area contributed by atoms with Crippen LogP contribution in [-0.2, 0) is 9.47 Å². The molecule has 3 aliphatic heterocycles. The molecule has 1 amide bonds. The number of aliphatic hydroxyl groups is 1. The predicted octanol–water partition coefficient (Wildman–Crippen LogP) is -0.144. The first-order chi connectivity index (χ1) is 17.1. The third-order valence-corrected chi connectivity index (χ3v) is 7.03. The van der Waals surface area contributed by atoms with E-state index in [1.165, 1.54) is 0 Å². The van der Waals surface area contributed by atoms with E-state index in [1.807, 2.05) is 11.0 Å². The second kappa shape index (κ2) is 12.8. The number of carbonyl (C=O) groups excluding carboxylic acids is 1. The Kier molecular flexibility index (Phi) is 9.59. The number of aliphatic hydroxyl groups excluding tert-OH is 1. The van der Waals surface area contributed by atoms with Crippen LogP contribution in [-0.4, -0.2) is 149 Å². The van der Waals surface area contributed by atoms with Crippen LogP contribution in [0.5, 0.6) is 11.5 Å². The first-order valence-corrected chi connectivity index (χ1v) is 12.6. The fourth-order valence-electron chi connectivity index (χ4n) is 5.14. The minimum absolute atomic E-state index is 0.0618. The molecule has 10 heteroatoms. The van der Waals surface area contributed by atoms with Crippen LogP contribution in [0.2, 0.25) is 0 Å². The Bertz CT molecular complexity index is 791. The topological polar surface area (TPSA) is 87.2 Å². The number of ether oxygens (including phenoxy) is 4. The van der Waals surface area contributed by atoms with Gasteiger partial charge in [0, 0.05) is 72.0 Å². The summed E-state index contributed by atoms with van der Waals surface area (Å²) in [6.45, 7) is 10.7. The number of methoxy groups -OCH3 is 2. The molecule has 1 aromatic rings. The predicted molar refractivity (Wildman–Crippen MR) is 131 cm³/mol. The van der Waals surface area contributed by atoms with Crippen molar-refractivity contribution in [3.63, 3.8) is 0 Å². The highest BCUT2D eigenvalue weighted by Gasteiger charge is 2.30. The van der Waals surface area contributed by atoms with Crippen molar-refractivity contribution < 1.29 is 28.8 Å². The fraction of sp³-hybridized carbons (Fsp3) is 0.720. The monoisotopic (exact) mass is 492 g/mol. The maximum Gasteiger partial charge on any atom is 0.261 e. The minimum Gasteiger partial charge on any atom is -0.496 e. The highest BCUT2D eigenvalue weighted by atomic mass is 16.5. The summed E-state index contributed by atoms with van der Waals surface area (Å²) in [4.78, 5) is 22.0. The lowest BCUT2D eigenvalue weighted by Gasteiger charge is -2.40. The number of rotatable bonds is 9. The summed E-state index contributed by atoms with van der Waals surface area (Å²) in [6.07, 6.45) is -0.260. The summed E-state index contributed by atoms with van der Waals surface area (Å²) < 4.78 is 22.3. The van der Waals surface area contributed by atoms with Crippen molar-refractivity contribution in [3.05, 3.63) is 23.8 Å². The van der Waals surface area contributed by atoms with E-state index >= 15 is 0 Å². The molecule has 0 radical (unpaired) electrons. The molecule has 0 aromatic heterocycles. The number of morpholine rings is 2. The summed E-state index contributed by atoms with van der Waals surface area (Å²) in [7, 11) is 3.14. The van der Waals surface area contributed by atoms with Crippen LogP contribution in [0.1, 0.15) is 10.4 Å². The van der Waals surface area contributed by atoms with E-state index in [4.69, 9.17) is 18.9 Å². The Morgan fingerprint density at radius 1 is 0.943 bits per heavy atom. The number of nitrogens with zero attached hydrogens (tertiary/aromatic N) is 4. The van der Waals surface area contributed by atoms with Crippen LogP contribution >= 0.6 is 0 Å². The Balaban J connectivity index is 1.22. The molecule has 3 fully saturated rings. The Morgan fingerprint density at radius 2 is 1.57 bits per heavy atom. The first kappa shape index (κ1) is 26.1. The number of amides is 1. The molecule has 10 nitrogen and oxygen atoms in total. The van der Waals surface area contributed by atoms with Gasteiger partial charge in [-0.05, 0) is 12.1 Å². The maximum absolute atomic E-state index is 13.2. The van der Waals surface area contributed by atoms with Gasteiger partial charge in [-0.3, -0.25) is 19.5 Å². The van der Waals surface area contributed by atoms with E-state index in [9.17, 15) is 9.90 Å². The van der Waals surface area contributed by atoms with Gasteiger partial charge in [-0.15, -0.1) is 0 Å². The molecule has 0 unspecified atom stereocenters. The minimum atomic E-state index is -0.367. The van der Waals surface area contributed by atoms with E-state index in [2.05, 4.69) is 14.7 Å². The third-order valence-electron chi connectivity index (χ3n) is 7.03. The van der Waals surface area contributed by atoms with Gasteiger partial charge in [0.1, 0.15) is 17.1 Å². The molecule has 0 bridgehead atoms. The molecule has 35 heavy (non-hydrogen) atoms. The lowest BCUT2D eigenvalue weighted by molar-refractivity contribution is -0.0605. The molecule has 0 spiro atoms. The van der Waals surface area contributed by atoms with Crippen LogP contribution < -0.4 is 9.47 Å². The summed E-state index contributed by atoms with van der Waals surface area (Å²) in [5.74, 6) is 1.000. The van der Waals surface area contributed by atoms with Gasteiger partial charge in [-0.25, -0.2) is 0 Å². The van der Waals surface area contributed by atoms with Crippen molar-refractivity contribution in [2.45, 2.75) is 12.2 Å². The quantitative estimate of drug-likeness (QED) is 0.506. The summed E-state index contributed by atoms with van der Waals surface area (Å²) in [6, 6.07) is 5.40. The van der Waals surface area contributed by atoms with Crippen molar-refractivity contribution in [1.82, 2.24) is 19.6 Å². The van der Waals surface area contributed by atoms with E-state index in [0.29, 0.717) is 49.8 Å². The number of piperazine rings is 1. The Hall–Kier alpha value is -1.95. The van der Waals surface area contributed by atoms with Crippen molar-refractivity contribution in [1.29, 1.82) is 0 Å². The van der Waals surface area contributed by atoms with Gasteiger partial charge in [0.2, 0.25) is 0 Å². The number of carbonyl (C=O) groups is 1. The molecule has 0 saturated carbocycles. The van der Waals surface area contributed by atoms with Gasteiger partial charge in [0.15, 0.2) is 0 Å². The molecule has 0 aliphatic carbocycles. The van der Waals surface area contributed by atoms with Crippen LogP contribution in [0.25, 0.3) is 0 Å². The molecule has 3 aliphatic rings. The second-order valence-corrected chi connectivity index (χ2v) is 9.45. The van der Waals surface area contributed by atoms with Gasteiger partial charge in [-0.1, -0.05) is 6.07 Å². The first-order valence-electron chi connectivity index (χ1n) is 12.6. The highest BCUT2D eigenvalue weighted by molar-refractivity contribution is 5.99. The lowest BCUT2D eigenvalue weighted by atomic mass is 10.1. The van der Waals surface area contributed by atoms with Gasteiger partial charge >= 0.3 is 0 Å². The number of β-amino-alcohol motifs (C(OH)–C–C–N with tert-alkyl or cyclic N) is 1.